The lowest BCUT2D eigenvalue weighted by molar-refractivity contribution is 0.0654. The van der Waals surface area contributed by atoms with Gasteiger partial charge in [-0.3, -0.25) is 4.90 Å². The van der Waals surface area contributed by atoms with Crippen molar-refractivity contribution >= 4 is 0 Å². The molecule has 2 rings (SSSR count). The zero-order valence-corrected chi connectivity index (χ0v) is 6.52. The van der Waals surface area contributed by atoms with Crippen LogP contribution in [-0.4, -0.2) is 30.0 Å². The van der Waals surface area contributed by atoms with Crippen LogP contribution in [0.1, 0.15) is 25.7 Å². The first-order valence-corrected chi connectivity index (χ1v) is 4.32. The largest absolute Gasteiger partial charge is 0.295 e. The summed E-state index contributed by atoms with van der Waals surface area (Å²) in [6, 6.07) is -0.400. The Labute approximate surface area is 65.4 Å². The van der Waals surface area contributed by atoms with Gasteiger partial charge in [0.05, 0.1) is 6.04 Å². The molecule has 1 saturated carbocycles. The van der Waals surface area contributed by atoms with Gasteiger partial charge >= 0.3 is 0 Å². The zero-order valence-electron chi connectivity index (χ0n) is 6.52. The van der Waals surface area contributed by atoms with Crippen molar-refractivity contribution < 1.29 is 8.78 Å². The third-order valence-corrected chi connectivity index (χ3v) is 2.62. The van der Waals surface area contributed by atoms with Crippen molar-refractivity contribution in [3.63, 3.8) is 0 Å². The number of piperidine rings is 1. The minimum absolute atomic E-state index is 0.104. The van der Waals surface area contributed by atoms with Crippen LogP contribution in [0.4, 0.5) is 8.78 Å². The van der Waals surface area contributed by atoms with Crippen molar-refractivity contribution in [1.29, 1.82) is 0 Å². The first-order valence-electron chi connectivity index (χ1n) is 4.32. The van der Waals surface area contributed by atoms with Crippen molar-refractivity contribution in [2.24, 2.45) is 0 Å². The molecule has 64 valence electrons. The zero-order chi connectivity index (χ0) is 7.90. The molecule has 1 saturated heterocycles. The number of halogens is 2. The van der Waals surface area contributed by atoms with Crippen molar-refractivity contribution in [2.75, 3.05) is 13.1 Å². The summed E-state index contributed by atoms with van der Waals surface area (Å²) in [7, 11) is 0. The topological polar surface area (TPSA) is 3.24 Å². The summed E-state index contributed by atoms with van der Waals surface area (Å²) >= 11 is 0. The Morgan fingerprint density at radius 2 is 1.64 bits per heavy atom. The van der Waals surface area contributed by atoms with Gasteiger partial charge in [0.25, 0.3) is 5.92 Å². The molecule has 1 heterocycles. The first kappa shape index (κ1) is 7.47. The number of hydrogen-bond acceptors (Lipinski definition) is 1. The quantitative estimate of drug-likeness (QED) is 0.567. The maximum Gasteiger partial charge on any atom is 0.265 e. The summed E-state index contributed by atoms with van der Waals surface area (Å²) < 4.78 is 25.1. The molecule has 0 aromatic rings. The Balaban J connectivity index is 1.86. The van der Waals surface area contributed by atoms with E-state index in [4.69, 9.17) is 0 Å². The lowest BCUT2D eigenvalue weighted by Gasteiger charge is -2.25. The molecule has 2 aliphatic rings. The monoisotopic (exact) mass is 161 g/mol. The average Bonchev–Trinajstić information content (AvgIpc) is 2.62. The van der Waals surface area contributed by atoms with Crippen LogP contribution in [-0.2, 0) is 0 Å². The van der Waals surface area contributed by atoms with Gasteiger partial charge in [0.1, 0.15) is 0 Å². The van der Waals surface area contributed by atoms with Crippen LogP contribution < -0.4 is 0 Å². The molecule has 0 amide bonds. The molecule has 1 aliphatic carbocycles. The van der Waals surface area contributed by atoms with E-state index >= 15 is 0 Å². The van der Waals surface area contributed by atoms with E-state index in [9.17, 15) is 8.78 Å². The van der Waals surface area contributed by atoms with Gasteiger partial charge in [0.15, 0.2) is 0 Å². The molecule has 0 spiro atoms. The first-order chi connectivity index (χ1) is 5.20. The summed E-state index contributed by atoms with van der Waals surface area (Å²) in [5.41, 5.74) is 0. The predicted octanol–water partition coefficient (Wildman–Crippen LogP) is 1.88. The number of hydrogen-bond donors (Lipinski definition) is 0. The third kappa shape index (κ3) is 1.39. The van der Waals surface area contributed by atoms with Crippen LogP contribution in [0.15, 0.2) is 0 Å². The number of rotatable bonds is 1. The summed E-state index contributed by atoms with van der Waals surface area (Å²) in [5, 5.41) is 0. The second kappa shape index (κ2) is 2.41. The van der Waals surface area contributed by atoms with Gasteiger partial charge in [-0.1, -0.05) is 6.42 Å². The molecule has 0 aromatic heterocycles. The van der Waals surface area contributed by atoms with E-state index in [0.717, 1.165) is 25.9 Å². The van der Waals surface area contributed by atoms with E-state index < -0.39 is 12.0 Å². The predicted molar refractivity (Wildman–Crippen MR) is 38.8 cm³/mol. The number of nitrogens with zero attached hydrogens (tertiary/aromatic N) is 1. The molecule has 1 aliphatic heterocycles. The molecular weight excluding hydrogens is 148 g/mol. The van der Waals surface area contributed by atoms with Crippen LogP contribution in [0.25, 0.3) is 0 Å². The fraction of sp³-hybridized carbons (Fsp3) is 1.00. The molecule has 0 bridgehead atoms. The molecule has 0 radical (unpaired) electrons. The highest BCUT2D eigenvalue weighted by atomic mass is 19.3. The fourth-order valence-electron chi connectivity index (χ4n) is 1.83. The Hall–Kier alpha value is -0.180. The maximum atomic E-state index is 12.5. The van der Waals surface area contributed by atoms with Gasteiger partial charge in [-0.05, 0) is 25.9 Å². The molecule has 1 nitrogen and oxygen atoms in total. The van der Waals surface area contributed by atoms with Crippen LogP contribution in [0.2, 0.25) is 0 Å². The summed E-state index contributed by atoms with van der Waals surface area (Å²) in [5.74, 6) is -2.35. The lowest BCUT2D eigenvalue weighted by atomic mass is 10.1. The van der Waals surface area contributed by atoms with Gasteiger partial charge < -0.3 is 0 Å². The second-order valence-corrected chi connectivity index (χ2v) is 3.58. The standard InChI is InChI=1S/C8H13F2N/c9-8(10)6-7(8)11-4-2-1-3-5-11/h7H,1-6H2. The molecule has 1 unspecified atom stereocenters. The molecule has 2 fully saturated rings. The van der Waals surface area contributed by atoms with Crippen LogP contribution in [0.5, 0.6) is 0 Å². The summed E-state index contributed by atoms with van der Waals surface area (Å²) in [4.78, 5) is 1.95. The number of alkyl halides is 2. The van der Waals surface area contributed by atoms with Gasteiger partial charge in [-0.25, -0.2) is 8.78 Å². The molecule has 0 N–H and O–H groups in total. The smallest absolute Gasteiger partial charge is 0.265 e. The lowest BCUT2D eigenvalue weighted by Crippen LogP contribution is -2.34. The second-order valence-electron chi connectivity index (χ2n) is 3.58. The normalized spacial score (nSPS) is 37.1. The Morgan fingerprint density at radius 3 is 2.09 bits per heavy atom. The van der Waals surface area contributed by atoms with Crippen molar-refractivity contribution in [2.45, 2.75) is 37.6 Å². The van der Waals surface area contributed by atoms with Gasteiger partial charge in [-0.15, -0.1) is 0 Å². The highest BCUT2D eigenvalue weighted by molar-refractivity contribution is 5.03. The van der Waals surface area contributed by atoms with Crippen molar-refractivity contribution in [3.05, 3.63) is 0 Å². The summed E-state index contributed by atoms with van der Waals surface area (Å²) in [6.07, 6.45) is 3.53. The maximum absolute atomic E-state index is 12.5. The molecule has 3 heteroatoms. The van der Waals surface area contributed by atoms with Gasteiger partial charge in [0.2, 0.25) is 0 Å². The minimum Gasteiger partial charge on any atom is -0.295 e. The SMILES string of the molecule is FC1(F)CC1N1CCCCC1. The van der Waals surface area contributed by atoms with Crippen LogP contribution in [0.3, 0.4) is 0 Å². The van der Waals surface area contributed by atoms with E-state index in [1.54, 1.807) is 0 Å². The Kier molecular flexibility index (Phi) is 1.63. The number of likely N-dealkylation sites (tertiary alicyclic amines) is 1. The van der Waals surface area contributed by atoms with Crippen LogP contribution >= 0.6 is 0 Å². The Morgan fingerprint density at radius 1 is 1.09 bits per heavy atom. The third-order valence-electron chi connectivity index (χ3n) is 2.62. The molecule has 11 heavy (non-hydrogen) atoms. The van der Waals surface area contributed by atoms with Crippen molar-refractivity contribution in [1.82, 2.24) is 4.90 Å². The van der Waals surface area contributed by atoms with Gasteiger partial charge in [0, 0.05) is 6.42 Å². The van der Waals surface area contributed by atoms with E-state index in [1.807, 2.05) is 4.90 Å². The van der Waals surface area contributed by atoms with Crippen LogP contribution in [0, 0.1) is 0 Å². The van der Waals surface area contributed by atoms with Gasteiger partial charge in [-0.2, -0.15) is 0 Å². The van der Waals surface area contributed by atoms with E-state index in [1.165, 1.54) is 6.42 Å². The fourth-order valence-corrected chi connectivity index (χ4v) is 1.83. The molecule has 1 atom stereocenters. The highest BCUT2D eigenvalue weighted by Crippen LogP contribution is 2.46. The Bertz CT molecular complexity index is 152. The highest BCUT2D eigenvalue weighted by Gasteiger charge is 2.59. The molecule has 0 aromatic carbocycles. The van der Waals surface area contributed by atoms with Crippen molar-refractivity contribution in [3.8, 4) is 0 Å². The minimum atomic E-state index is -2.35. The average molecular weight is 161 g/mol. The summed E-state index contributed by atoms with van der Waals surface area (Å²) in [6.45, 7) is 1.78. The van der Waals surface area contributed by atoms with E-state index in [-0.39, 0.29) is 6.42 Å². The van der Waals surface area contributed by atoms with E-state index in [2.05, 4.69) is 0 Å². The van der Waals surface area contributed by atoms with E-state index in [0.29, 0.717) is 0 Å². The molecular formula is C8H13F2N.